The van der Waals surface area contributed by atoms with Crippen molar-refractivity contribution < 1.29 is 9.18 Å². The molecule has 0 saturated carbocycles. The number of hydrogen-bond donors (Lipinski definition) is 0. The standard InChI is InChI=1S/C12H19FN2O/c1-11(16)14(2)7-3-4-8-15-9-5-6-12(15)10-13/h12H,5-10H2,1-2H3. The van der Waals surface area contributed by atoms with Gasteiger partial charge in [0.05, 0.1) is 13.1 Å². The Morgan fingerprint density at radius 2 is 2.31 bits per heavy atom. The zero-order valence-electron chi connectivity index (χ0n) is 10.0. The van der Waals surface area contributed by atoms with E-state index in [1.165, 1.54) is 6.92 Å². The van der Waals surface area contributed by atoms with Crippen LogP contribution in [0.25, 0.3) is 0 Å². The van der Waals surface area contributed by atoms with E-state index in [0.29, 0.717) is 13.1 Å². The van der Waals surface area contributed by atoms with E-state index in [2.05, 4.69) is 16.7 Å². The smallest absolute Gasteiger partial charge is 0.219 e. The molecule has 1 unspecified atom stereocenters. The van der Waals surface area contributed by atoms with Gasteiger partial charge in [0, 0.05) is 20.0 Å². The molecular formula is C12H19FN2O. The SMILES string of the molecule is CC(=O)N(C)CC#CCN1CCCC1CF. The average molecular weight is 226 g/mol. The Bertz CT molecular complexity index is 295. The van der Waals surface area contributed by atoms with Crippen molar-refractivity contribution in [2.45, 2.75) is 25.8 Å². The van der Waals surface area contributed by atoms with Gasteiger partial charge in [0.1, 0.15) is 6.67 Å². The van der Waals surface area contributed by atoms with E-state index in [9.17, 15) is 9.18 Å². The Morgan fingerprint density at radius 3 is 2.94 bits per heavy atom. The molecule has 1 amide bonds. The largest absolute Gasteiger partial charge is 0.335 e. The summed E-state index contributed by atoms with van der Waals surface area (Å²) in [5.74, 6) is 5.93. The number of halogens is 1. The normalized spacial score (nSPS) is 20.3. The molecule has 1 aliphatic heterocycles. The van der Waals surface area contributed by atoms with E-state index < -0.39 is 0 Å². The Labute approximate surface area is 96.6 Å². The summed E-state index contributed by atoms with van der Waals surface area (Å²) in [5.41, 5.74) is 0. The van der Waals surface area contributed by atoms with Crippen LogP contribution < -0.4 is 0 Å². The van der Waals surface area contributed by atoms with Crippen LogP contribution in [0.2, 0.25) is 0 Å². The molecule has 3 nitrogen and oxygen atoms in total. The van der Waals surface area contributed by atoms with Crippen LogP contribution in [0.5, 0.6) is 0 Å². The van der Waals surface area contributed by atoms with Crippen molar-refractivity contribution in [3.05, 3.63) is 0 Å². The molecule has 0 N–H and O–H groups in total. The lowest BCUT2D eigenvalue weighted by molar-refractivity contribution is -0.126. The highest BCUT2D eigenvalue weighted by Crippen LogP contribution is 2.16. The first-order valence-electron chi connectivity index (χ1n) is 5.62. The van der Waals surface area contributed by atoms with Gasteiger partial charge in [-0.05, 0) is 19.4 Å². The predicted molar refractivity (Wildman–Crippen MR) is 61.7 cm³/mol. The van der Waals surface area contributed by atoms with Crippen LogP contribution in [0, 0.1) is 11.8 Å². The molecule has 1 rings (SSSR count). The summed E-state index contributed by atoms with van der Waals surface area (Å²) in [6.07, 6.45) is 2.00. The molecule has 0 bridgehead atoms. The highest BCUT2D eigenvalue weighted by atomic mass is 19.1. The Morgan fingerprint density at radius 1 is 1.56 bits per heavy atom. The minimum atomic E-state index is -0.283. The van der Waals surface area contributed by atoms with Crippen LogP contribution in [-0.2, 0) is 4.79 Å². The van der Waals surface area contributed by atoms with Crippen molar-refractivity contribution in [2.75, 3.05) is 33.4 Å². The van der Waals surface area contributed by atoms with Crippen LogP contribution in [0.1, 0.15) is 19.8 Å². The summed E-state index contributed by atoms with van der Waals surface area (Å²) in [4.78, 5) is 14.5. The minimum absolute atomic E-state index is 0.0112. The lowest BCUT2D eigenvalue weighted by Crippen LogP contribution is -2.31. The predicted octanol–water partition coefficient (Wildman–Crippen LogP) is 0.902. The second-order valence-corrected chi connectivity index (χ2v) is 4.15. The highest BCUT2D eigenvalue weighted by Gasteiger charge is 2.22. The monoisotopic (exact) mass is 226 g/mol. The van der Waals surface area contributed by atoms with Gasteiger partial charge in [-0.3, -0.25) is 9.69 Å². The third-order valence-corrected chi connectivity index (χ3v) is 2.94. The first-order valence-corrected chi connectivity index (χ1v) is 5.62. The van der Waals surface area contributed by atoms with Crippen molar-refractivity contribution in [2.24, 2.45) is 0 Å². The molecule has 0 aromatic heterocycles. The fourth-order valence-corrected chi connectivity index (χ4v) is 1.72. The Balaban J connectivity index is 2.28. The van der Waals surface area contributed by atoms with Crippen LogP contribution in [0.3, 0.4) is 0 Å². The molecule has 0 aliphatic carbocycles. The van der Waals surface area contributed by atoms with Crippen molar-refractivity contribution in [3.63, 3.8) is 0 Å². The average Bonchev–Trinajstić information content (AvgIpc) is 2.71. The summed E-state index contributed by atoms with van der Waals surface area (Å²) in [5, 5.41) is 0. The Hall–Kier alpha value is -1.08. The fraction of sp³-hybridized carbons (Fsp3) is 0.750. The van der Waals surface area contributed by atoms with Gasteiger partial charge in [-0.1, -0.05) is 11.8 Å². The molecule has 1 heterocycles. The summed E-state index contributed by atoms with van der Waals surface area (Å²) < 4.78 is 12.5. The molecule has 1 saturated heterocycles. The zero-order valence-corrected chi connectivity index (χ0v) is 10.0. The quantitative estimate of drug-likeness (QED) is 0.668. The van der Waals surface area contributed by atoms with Crippen molar-refractivity contribution in [1.29, 1.82) is 0 Å². The maximum absolute atomic E-state index is 12.5. The molecule has 0 radical (unpaired) electrons. The number of carbonyl (C=O) groups excluding carboxylic acids is 1. The number of alkyl halides is 1. The fourth-order valence-electron chi connectivity index (χ4n) is 1.72. The lowest BCUT2D eigenvalue weighted by Gasteiger charge is -2.18. The number of hydrogen-bond acceptors (Lipinski definition) is 2. The molecule has 1 atom stereocenters. The van der Waals surface area contributed by atoms with E-state index >= 15 is 0 Å². The van der Waals surface area contributed by atoms with E-state index in [1.54, 1.807) is 11.9 Å². The summed E-state index contributed by atoms with van der Waals surface area (Å²) in [6, 6.07) is 0.0554. The number of carbonyl (C=O) groups is 1. The second kappa shape index (κ2) is 6.49. The van der Waals surface area contributed by atoms with Gasteiger partial charge >= 0.3 is 0 Å². The molecule has 16 heavy (non-hydrogen) atoms. The van der Waals surface area contributed by atoms with Crippen LogP contribution in [0.4, 0.5) is 4.39 Å². The van der Waals surface area contributed by atoms with E-state index in [0.717, 1.165) is 19.4 Å². The van der Waals surface area contributed by atoms with Gasteiger partial charge in [0.2, 0.25) is 5.91 Å². The number of rotatable bonds is 3. The van der Waals surface area contributed by atoms with Crippen molar-refractivity contribution in [1.82, 2.24) is 9.80 Å². The topological polar surface area (TPSA) is 23.6 Å². The summed E-state index contributed by atoms with van der Waals surface area (Å²) >= 11 is 0. The molecule has 0 aromatic rings. The Kier molecular flexibility index (Phi) is 5.27. The molecule has 1 fully saturated rings. The molecular weight excluding hydrogens is 207 g/mol. The summed E-state index contributed by atoms with van der Waals surface area (Å²) in [6.45, 7) is 3.23. The lowest BCUT2D eigenvalue weighted by atomic mass is 10.2. The molecule has 1 aliphatic rings. The van der Waals surface area contributed by atoms with Crippen LogP contribution in [-0.4, -0.2) is 55.1 Å². The van der Waals surface area contributed by atoms with E-state index in [4.69, 9.17) is 0 Å². The maximum Gasteiger partial charge on any atom is 0.219 e. The van der Waals surface area contributed by atoms with Gasteiger partial charge in [-0.2, -0.15) is 0 Å². The third kappa shape index (κ3) is 3.82. The maximum atomic E-state index is 12.5. The molecule has 90 valence electrons. The second-order valence-electron chi connectivity index (χ2n) is 4.15. The van der Waals surface area contributed by atoms with E-state index in [1.807, 2.05) is 0 Å². The van der Waals surface area contributed by atoms with Crippen LogP contribution >= 0.6 is 0 Å². The number of likely N-dealkylation sites (tertiary alicyclic amines) is 1. The van der Waals surface area contributed by atoms with Gasteiger partial charge < -0.3 is 4.90 Å². The zero-order chi connectivity index (χ0) is 12.0. The van der Waals surface area contributed by atoms with Crippen LogP contribution in [0.15, 0.2) is 0 Å². The van der Waals surface area contributed by atoms with E-state index in [-0.39, 0.29) is 18.6 Å². The molecule has 0 aromatic carbocycles. The van der Waals surface area contributed by atoms with Crippen molar-refractivity contribution >= 4 is 5.91 Å². The van der Waals surface area contributed by atoms with Gasteiger partial charge in [-0.15, -0.1) is 0 Å². The third-order valence-electron chi connectivity index (χ3n) is 2.94. The van der Waals surface area contributed by atoms with Gasteiger partial charge in [0.25, 0.3) is 0 Å². The molecule has 4 heteroatoms. The van der Waals surface area contributed by atoms with Gasteiger partial charge in [-0.25, -0.2) is 4.39 Å². The van der Waals surface area contributed by atoms with Gasteiger partial charge in [0.15, 0.2) is 0 Å². The first-order chi connectivity index (χ1) is 7.65. The molecule has 0 spiro atoms. The highest BCUT2D eigenvalue weighted by molar-refractivity contribution is 5.73. The number of amides is 1. The number of nitrogens with zero attached hydrogens (tertiary/aromatic N) is 2. The first kappa shape index (κ1) is 13.0. The van der Waals surface area contributed by atoms with Crippen molar-refractivity contribution in [3.8, 4) is 11.8 Å². The summed E-state index contributed by atoms with van der Waals surface area (Å²) in [7, 11) is 1.72. The minimum Gasteiger partial charge on any atom is -0.335 e.